The quantitative estimate of drug-likeness (QED) is 0.390. The van der Waals surface area contributed by atoms with E-state index in [1.54, 1.807) is 12.5 Å². The maximum Gasteiger partial charge on any atom is 0.143 e. The summed E-state index contributed by atoms with van der Waals surface area (Å²) in [6.45, 7) is 0. The third kappa shape index (κ3) is 1.27. The van der Waals surface area contributed by atoms with Gasteiger partial charge in [-0.05, 0) is 56.1 Å². The van der Waals surface area contributed by atoms with Crippen LogP contribution in [0.3, 0.4) is 0 Å². The Kier molecular flexibility index (Phi) is 2.14. The predicted octanol–water partition coefficient (Wildman–Crippen LogP) is 5.86. The normalized spacial score (nSPS) is 11.9. The molecular formula is C14H6Br2O2. The number of hydrogen-bond donors (Lipinski definition) is 0. The van der Waals surface area contributed by atoms with Crippen LogP contribution in [0.2, 0.25) is 0 Å². The highest BCUT2D eigenvalue weighted by molar-refractivity contribution is 9.11. The Labute approximate surface area is 119 Å². The minimum atomic E-state index is 0.883. The smallest absolute Gasteiger partial charge is 0.143 e. The number of furan rings is 2. The van der Waals surface area contributed by atoms with Crippen molar-refractivity contribution >= 4 is 64.6 Å². The summed E-state index contributed by atoms with van der Waals surface area (Å²) in [4.78, 5) is 0. The van der Waals surface area contributed by atoms with Crippen molar-refractivity contribution in [1.82, 2.24) is 0 Å². The fraction of sp³-hybridized carbons (Fsp3) is 0. The summed E-state index contributed by atoms with van der Waals surface area (Å²) in [5, 5.41) is 4.28. The first-order valence-electron chi connectivity index (χ1n) is 5.41. The Bertz CT molecular complexity index is 826. The van der Waals surface area contributed by atoms with E-state index in [0.29, 0.717) is 0 Å². The molecular weight excluding hydrogens is 360 g/mol. The lowest BCUT2D eigenvalue weighted by atomic mass is 10.1. The molecule has 0 radical (unpaired) electrons. The van der Waals surface area contributed by atoms with Crippen LogP contribution in [0.4, 0.5) is 0 Å². The van der Waals surface area contributed by atoms with Crippen LogP contribution in [0, 0.1) is 0 Å². The first-order chi connectivity index (χ1) is 8.75. The maximum atomic E-state index is 5.62. The standard InChI is InChI=1S/C14H6Br2O2/c15-11-5-18-14-8-2-4-10-12(16)6-17-13(10)7(8)1-3-9(11)14/h1-6H. The van der Waals surface area contributed by atoms with E-state index in [-0.39, 0.29) is 0 Å². The Morgan fingerprint density at radius 2 is 1.00 bits per heavy atom. The van der Waals surface area contributed by atoms with Crippen LogP contribution in [0.1, 0.15) is 0 Å². The van der Waals surface area contributed by atoms with Crippen LogP contribution in [-0.2, 0) is 0 Å². The van der Waals surface area contributed by atoms with Crippen molar-refractivity contribution in [3.63, 3.8) is 0 Å². The molecule has 2 aromatic carbocycles. The van der Waals surface area contributed by atoms with E-state index >= 15 is 0 Å². The maximum absolute atomic E-state index is 5.62. The van der Waals surface area contributed by atoms with E-state index in [2.05, 4.69) is 44.0 Å². The van der Waals surface area contributed by atoms with E-state index in [9.17, 15) is 0 Å². The van der Waals surface area contributed by atoms with E-state index in [1.807, 2.05) is 12.1 Å². The second kappa shape index (κ2) is 3.62. The fourth-order valence-electron chi connectivity index (χ4n) is 2.33. The van der Waals surface area contributed by atoms with E-state index < -0.39 is 0 Å². The molecule has 4 aromatic rings. The average Bonchev–Trinajstić information content (AvgIpc) is 2.94. The third-order valence-electron chi connectivity index (χ3n) is 3.18. The molecule has 0 aliphatic rings. The molecule has 2 aromatic heterocycles. The monoisotopic (exact) mass is 364 g/mol. The van der Waals surface area contributed by atoms with Gasteiger partial charge in [0.15, 0.2) is 0 Å². The molecule has 0 fully saturated rings. The van der Waals surface area contributed by atoms with Gasteiger partial charge in [-0.25, -0.2) is 0 Å². The van der Waals surface area contributed by atoms with E-state index in [0.717, 1.165) is 41.7 Å². The molecule has 0 unspecified atom stereocenters. The Hall–Kier alpha value is -1.26. The Morgan fingerprint density at radius 1 is 0.611 bits per heavy atom. The SMILES string of the molecule is Brc1coc2c1ccc1c2ccc2c(Br)coc21. The van der Waals surface area contributed by atoms with Crippen molar-refractivity contribution in [2.75, 3.05) is 0 Å². The summed E-state index contributed by atoms with van der Waals surface area (Å²) in [5.74, 6) is 0. The molecule has 0 bridgehead atoms. The molecule has 0 amide bonds. The Balaban J connectivity index is 2.30. The molecule has 2 nitrogen and oxygen atoms in total. The summed E-state index contributed by atoms with van der Waals surface area (Å²) < 4.78 is 13.2. The zero-order valence-electron chi connectivity index (χ0n) is 9.04. The summed E-state index contributed by atoms with van der Waals surface area (Å²) >= 11 is 6.96. The highest BCUT2D eigenvalue weighted by Crippen LogP contribution is 2.37. The average molecular weight is 366 g/mol. The number of halogens is 2. The summed E-state index contributed by atoms with van der Waals surface area (Å²) in [6.07, 6.45) is 3.43. The van der Waals surface area contributed by atoms with Crippen LogP contribution in [0.15, 0.2) is 54.6 Å². The molecule has 0 spiro atoms. The Morgan fingerprint density at radius 3 is 1.44 bits per heavy atom. The van der Waals surface area contributed by atoms with Gasteiger partial charge < -0.3 is 8.83 Å². The minimum Gasteiger partial charge on any atom is -0.462 e. The second-order valence-corrected chi connectivity index (χ2v) is 5.86. The van der Waals surface area contributed by atoms with Crippen molar-refractivity contribution in [2.45, 2.75) is 0 Å². The topological polar surface area (TPSA) is 26.3 Å². The summed E-state index contributed by atoms with van der Waals surface area (Å²) in [6, 6.07) is 8.22. The third-order valence-corrected chi connectivity index (χ3v) is 4.41. The van der Waals surface area contributed by atoms with Gasteiger partial charge in [0.25, 0.3) is 0 Å². The number of benzene rings is 2. The van der Waals surface area contributed by atoms with E-state index in [1.165, 1.54) is 0 Å². The van der Waals surface area contributed by atoms with Crippen molar-refractivity contribution in [1.29, 1.82) is 0 Å². The highest BCUT2D eigenvalue weighted by atomic mass is 79.9. The van der Waals surface area contributed by atoms with E-state index in [4.69, 9.17) is 8.83 Å². The molecule has 0 atom stereocenters. The molecule has 4 rings (SSSR count). The van der Waals surface area contributed by atoms with Gasteiger partial charge in [-0.1, -0.05) is 0 Å². The summed E-state index contributed by atoms with van der Waals surface area (Å²) in [5.41, 5.74) is 1.77. The molecule has 2 heterocycles. The lowest BCUT2D eigenvalue weighted by Crippen LogP contribution is -1.75. The zero-order chi connectivity index (χ0) is 12.3. The molecule has 88 valence electrons. The van der Waals surface area contributed by atoms with Gasteiger partial charge >= 0.3 is 0 Å². The van der Waals surface area contributed by atoms with Crippen LogP contribution in [0.25, 0.3) is 32.7 Å². The van der Waals surface area contributed by atoms with Gasteiger partial charge in [0.2, 0.25) is 0 Å². The van der Waals surface area contributed by atoms with Gasteiger partial charge in [-0.15, -0.1) is 0 Å². The molecule has 0 aliphatic carbocycles. The van der Waals surface area contributed by atoms with Crippen molar-refractivity contribution in [3.8, 4) is 0 Å². The highest BCUT2D eigenvalue weighted by Gasteiger charge is 2.12. The summed E-state index contributed by atoms with van der Waals surface area (Å²) in [7, 11) is 0. The number of fused-ring (bicyclic) bond motifs is 5. The van der Waals surface area contributed by atoms with Crippen LogP contribution in [0.5, 0.6) is 0 Å². The fourth-order valence-corrected chi connectivity index (χ4v) is 3.14. The van der Waals surface area contributed by atoms with Gasteiger partial charge in [0.05, 0.1) is 8.95 Å². The van der Waals surface area contributed by atoms with Crippen molar-refractivity contribution in [2.24, 2.45) is 0 Å². The van der Waals surface area contributed by atoms with Gasteiger partial charge in [-0.3, -0.25) is 0 Å². The zero-order valence-corrected chi connectivity index (χ0v) is 12.2. The van der Waals surface area contributed by atoms with Crippen molar-refractivity contribution < 1.29 is 8.83 Å². The van der Waals surface area contributed by atoms with Crippen LogP contribution in [-0.4, -0.2) is 0 Å². The lowest BCUT2D eigenvalue weighted by Gasteiger charge is -2.00. The van der Waals surface area contributed by atoms with Gasteiger partial charge in [-0.2, -0.15) is 0 Å². The molecule has 0 saturated carbocycles. The molecule has 0 N–H and O–H groups in total. The number of rotatable bonds is 0. The molecule has 0 aliphatic heterocycles. The molecule has 0 saturated heterocycles. The van der Waals surface area contributed by atoms with Gasteiger partial charge in [0.1, 0.15) is 23.7 Å². The first-order valence-corrected chi connectivity index (χ1v) is 6.99. The minimum absolute atomic E-state index is 0.883. The van der Waals surface area contributed by atoms with Crippen molar-refractivity contribution in [3.05, 3.63) is 45.7 Å². The predicted molar refractivity (Wildman–Crippen MR) is 78.9 cm³/mol. The van der Waals surface area contributed by atoms with Crippen LogP contribution < -0.4 is 0 Å². The molecule has 18 heavy (non-hydrogen) atoms. The lowest BCUT2D eigenvalue weighted by molar-refractivity contribution is 0.614. The largest absolute Gasteiger partial charge is 0.462 e. The van der Waals surface area contributed by atoms with Gasteiger partial charge in [0, 0.05) is 21.5 Å². The first kappa shape index (κ1) is 10.6. The van der Waals surface area contributed by atoms with Crippen LogP contribution >= 0.6 is 31.9 Å². The second-order valence-electron chi connectivity index (χ2n) is 4.15. The molecule has 4 heteroatoms. The number of hydrogen-bond acceptors (Lipinski definition) is 2.